The molecule has 2 heterocycles. The summed E-state index contributed by atoms with van der Waals surface area (Å²) in [5.74, 6) is 1.03. The van der Waals surface area contributed by atoms with E-state index in [1.807, 2.05) is 36.1 Å². The molecule has 3 rings (SSSR count). The average Bonchev–Trinajstić information content (AvgIpc) is 3.15. The highest BCUT2D eigenvalue weighted by Crippen LogP contribution is 2.21. The molecule has 152 valence electrons. The third-order valence-electron chi connectivity index (χ3n) is 4.99. The number of piperazine rings is 1. The number of benzene rings is 1. The van der Waals surface area contributed by atoms with E-state index in [-0.39, 0.29) is 6.03 Å². The van der Waals surface area contributed by atoms with Gasteiger partial charge in [-0.1, -0.05) is 24.2 Å². The van der Waals surface area contributed by atoms with Crippen molar-refractivity contribution in [1.29, 1.82) is 0 Å². The standard InChI is InChI=1S/C20H29N5O3/c1-4-18-14-25(10-9-24(18)11-12-27-5-2)20(26)22-17-8-6-7-16(13-17)19-21-15(3)28-23-19/h6-8,13,18H,4-5,9-12,14H2,1-3H3,(H,22,26)/t18-/m1/s1. The maximum Gasteiger partial charge on any atom is 0.321 e. The zero-order valence-electron chi connectivity index (χ0n) is 16.9. The van der Waals surface area contributed by atoms with Crippen LogP contribution in [0.3, 0.4) is 0 Å². The van der Waals surface area contributed by atoms with Crippen molar-refractivity contribution in [3.05, 3.63) is 30.2 Å². The van der Waals surface area contributed by atoms with Crippen LogP contribution < -0.4 is 5.32 Å². The van der Waals surface area contributed by atoms with Crippen molar-refractivity contribution in [2.24, 2.45) is 0 Å². The molecule has 8 heteroatoms. The Bertz CT molecular complexity index is 779. The fraction of sp³-hybridized carbons (Fsp3) is 0.550. The normalized spacial score (nSPS) is 17.7. The Morgan fingerprint density at radius 3 is 2.93 bits per heavy atom. The molecular weight excluding hydrogens is 358 g/mol. The molecule has 0 spiro atoms. The second-order valence-corrected chi connectivity index (χ2v) is 6.89. The van der Waals surface area contributed by atoms with Crippen molar-refractivity contribution in [3.8, 4) is 11.4 Å². The van der Waals surface area contributed by atoms with E-state index in [9.17, 15) is 4.79 Å². The second-order valence-electron chi connectivity index (χ2n) is 6.89. The first-order chi connectivity index (χ1) is 13.6. The Kier molecular flexibility index (Phi) is 7.00. The van der Waals surface area contributed by atoms with Gasteiger partial charge in [-0.25, -0.2) is 4.79 Å². The second kappa shape index (κ2) is 9.66. The number of nitrogens with one attached hydrogen (secondary N) is 1. The lowest BCUT2D eigenvalue weighted by Crippen LogP contribution is -2.56. The smallest absolute Gasteiger partial charge is 0.321 e. The van der Waals surface area contributed by atoms with E-state index >= 15 is 0 Å². The lowest BCUT2D eigenvalue weighted by Gasteiger charge is -2.41. The average molecular weight is 387 g/mol. The number of hydrogen-bond donors (Lipinski definition) is 1. The van der Waals surface area contributed by atoms with Gasteiger partial charge in [-0.2, -0.15) is 4.98 Å². The topological polar surface area (TPSA) is 83.7 Å². The van der Waals surface area contributed by atoms with Crippen LogP contribution in [-0.2, 0) is 4.74 Å². The number of hydrogen-bond acceptors (Lipinski definition) is 6. The van der Waals surface area contributed by atoms with Gasteiger partial charge in [0.2, 0.25) is 11.7 Å². The molecule has 28 heavy (non-hydrogen) atoms. The summed E-state index contributed by atoms with van der Waals surface area (Å²) in [7, 11) is 0. The van der Waals surface area contributed by atoms with Crippen molar-refractivity contribution in [2.45, 2.75) is 33.2 Å². The van der Waals surface area contributed by atoms with E-state index < -0.39 is 0 Å². The van der Waals surface area contributed by atoms with E-state index in [0.717, 1.165) is 50.5 Å². The summed E-state index contributed by atoms with van der Waals surface area (Å²) in [5.41, 5.74) is 1.53. The summed E-state index contributed by atoms with van der Waals surface area (Å²) in [5, 5.41) is 6.93. The van der Waals surface area contributed by atoms with Crippen molar-refractivity contribution >= 4 is 11.7 Å². The maximum absolute atomic E-state index is 12.8. The highest BCUT2D eigenvalue weighted by atomic mass is 16.5. The summed E-state index contributed by atoms with van der Waals surface area (Å²) in [4.78, 5) is 21.3. The molecule has 1 fully saturated rings. The molecule has 1 aliphatic heterocycles. The Morgan fingerprint density at radius 1 is 1.36 bits per heavy atom. The van der Waals surface area contributed by atoms with Crippen molar-refractivity contribution < 1.29 is 14.1 Å². The molecule has 1 aromatic carbocycles. The zero-order chi connectivity index (χ0) is 19.9. The summed E-state index contributed by atoms with van der Waals surface area (Å²) in [6, 6.07) is 7.77. The number of aromatic nitrogens is 2. The maximum atomic E-state index is 12.8. The molecule has 0 unspecified atom stereocenters. The van der Waals surface area contributed by atoms with E-state index in [2.05, 4.69) is 27.3 Å². The summed E-state index contributed by atoms with van der Waals surface area (Å²) in [6.45, 7) is 10.6. The van der Waals surface area contributed by atoms with E-state index in [1.54, 1.807) is 6.92 Å². The highest BCUT2D eigenvalue weighted by molar-refractivity contribution is 5.90. The molecule has 0 aliphatic carbocycles. The molecule has 1 N–H and O–H groups in total. The fourth-order valence-corrected chi connectivity index (χ4v) is 3.44. The summed E-state index contributed by atoms with van der Waals surface area (Å²) < 4.78 is 10.5. The quantitative estimate of drug-likeness (QED) is 0.735. The number of nitrogens with zero attached hydrogens (tertiary/aromatic N) is 4. The van der Waals surface area contributed by atoms with Crippen LogP contribution in [0.1, 0.15) is 26.2 Å². The number of carbonyl (C=O) groups is 1. The van der Waals surface area contributed by atoms with Crippen LogP contribution in [0.15, 0.2) is 28.8 Å². The molecule has 2 aromatic rings. The van der Waals surface area contributed by atoms with Crippen LogP contribution in [0, 0.1) is 6.92 Å². The van der Waals surface area contributed by atoms with Gasteiger partial charge in [0.05, 0.1) is 6.61 Å². The van der Waals surface area contributed by atoms with Crippen LogP contribution in [0.25, 0.3) is 11.4 Å². The lowest BCUT2D eigenvalue weighted by molar-refractivity contribution is 0.0545. The summed E-state index contributed by atoms with van der Waals surface area (Å²) >= 11 is 0. The van der Waals surface area contributed by atoms with Crippen LogP contribution in [-0.4, -0.2) is 71.4 Å². The minimum atomic E-state index is -0.0793. The van der Waals surface area contributed by atoms with Gasteiger partial charge >= 0.3 is 6.03 Å². The lowest BCUT2D eigenvalue weighted by atomic mass is 10.1. The van der Waals surface area contributed by atoms with E-state index in [0.29, 0.717) is 24.3 Å². The Hall–Kier alpha value is -2.45. The number of ether oxygens (including phenoxy) is 1. The number of rotatable bonds is 7. The minimum Gasteiger partial charge on any atom is -0.380 e. The van der Waals surface area contributed by atoms with Crippen LogP contribution >= 0.6 is 0 Å². The predicted molar refractivity (Wildman–Crippen MR) is 107 cm³/mol. The van der Waals surface area contributed by atoms with Gasteiger partial charge in [0.25, 0.3) is 0 Å². The molecular formula is C20H29N5O3. The molecule has 0 radical (unpaired) electrons. The van der Waals surface area contributed by atoms with Gasteiger partial charge in [0.1, 0.15) is 0 Å². The number of aryl methyl sites for hydroxylation is 1. The molecule has 0 bridgehead atoms. The zero-order valence-corrected chi connectivity index (χ0v) is 16.9. The number of carbonyl (C=O) groups excluding carboxylic acids is 1. The largest absolute Gasteiger partial charge is 0.380 e. The van der Waals surface area contributed by atoms with Gasteiger partial charge in [-0.05, 0) is 25.5 Å². The Morgan fingerprint density at radius 2 is 2.21 bits per heavy atom. The SMILES string of the molecule is CCOCCN1CCN(C(=O)Nc2cccc(-c3noc(C)n3)c2)C[C@H]1CC. The monoisotopic (exact) mass is 387 g/mol. The van der Waals surface area contributed by atoms with Gasteiger partial charge in [-0.3, -0.25) is 4.90 Å². The van der Waals surface area contributed by atoms with E-state index in [1.165, 1.54) is 0 Å². The Balaban J connectivity index is 1.59. The van der Waals surface area contributed by atoms with Crippen LogP contribution in [0.2, 0.25) is 0 Å². The van der Waals surface area contributed by atoms with Crippen LogP contribution in [0.5, 0.6) is 0 Å². The van der Waals surface area contributed by atoms with Gasteiger partial charge in [-0.15, -0.1) is 0 Å². The Labute approximate surface area is 165 Å². The minimum absolute atomic E-state index is 0.0793. The van der Waals surface area contributed by atoms with Crippen molar-refractivity contribution in [2.75, 3.05) is 44.7 Å². The summed E-state index contributed by atoms with van der Waals surface area (Å²) in [6.07, 6.45) is 1.00. The van der Waals surface area contributed by atoms with Gasteiger partial charge in [0.15, 0.2) is 0 Å². The molecule has 0 saturated carbocycles. The first kappa shape index (κ1) is 20.3. The molecule has 1 aliphatic rings. The first-order valence-corrected chi connectivity index (χ1v) is 9.89. The molecule has 1 atom stereocenters. The fourth-order valence-electron chi connectivity index (χ4n) is 3.44. The number of urea groups is 1. The molecule has 2 amide bonds. The molecule has 1 aromatic heterocycles. The third-order valence-corrected chi connectivity index (χ3v) is 4.99. The predicted octanol–water partition coefficient (Wildman–Crippen LogP) is 3.01. The van der Waals surface area contributed by atoms with Crippen LogP contribution in [0.4, 0.5) is 10.5 Å². The van der Waals surface area contributed by atoms with Gasteiger partial charge < -0.3 is 19.5 Å². The van der Waals surface area contributed by atoms with Crippen molar-refractivity contribution in [3.63, 3.8) is 0 Å². The third kappa shape index (κ3) is 5.08. The van der Waals surface area contributed by atoms with Gasteiger partial charge in [0, 0.05) is 57.0 Å². The number of anilines is 1. The van der Waals surface area contributed by atoms with Crippen molar-refractivity contribution in [1.82, 2.24) is 19.9 Å². The first-order valence-electron chi connectivity index (χ1n) is 9.89. The molecule has 8 nitrogen and oxygen atoms in total. The molecule has 1 saturated heterocycles. The van der Waals surface area contributed by atoms with E-state index in [4.69, 9.17) is 9.26 Å². The number of amides is 2. The highest BCUT2D eigenvalue weighted by Gasteiger charge is 2.28.